The summed E-state index contributed by atoms with van der Waals surface area (Å²) in [6.45, 7) is 6.50. The zero-order valence-electron chi connectivity index (χ0n) is 9.21. The molecule has 0 aromatic rings. The molecule has 0 aromatic heterocycles. The Morgan fingerprint density at radius 2 is 2.21 bits per heavy atom. The van der Waals surface area contributed by atoms with Crippen molar-refractivity contribution in [3.63, 3.8) is 0 Å². The molecule has 2 unspecified atom stereocenters. The molecule has 3 heteroatoms. The first-order valence-corrected chi connectivity index (χ1v) is 5.57. The minimum absolute atomic E-state index is 0.313. The smallest absolute Gasteiger partial charge is 0.105 e. The molecule has 1 saturated heterocycles. The van der Waals surface area contributed by atoms with Crippen molar-refractivity contribution in [3.05, 3.63) is 0 Å². The van der Waals surface area contributed by atoms with Gasteiger partial charge in [0.2, 0.25) is 0 Å². The zero-order chi connectivity index (χ0) is 10.3. The van der Waals surface area contributed by atoms with Crippen molar-refractivity contribution in [1.29, 1.82) is 5.41 Å². The van der Waals surface area contributed by atoms with Crippen molar-refractivity contribution < 1.29 is 0 Å². The lowest BCUT2D eigenvalue weighted by Gasteiger charge is -2.24. The Bertz CT molecular complexity index is 247. The molecule has 0 radical (unpaired) electrons. The van der Waals surface area contributed by atoms with Crippen LogP contribution in [0, 0.1) is 16.7 Å². The van der Waals surface area contributed by atoms with Gasteiger partial charge in [0.1, 0.15) is 5.84 Å². The van der Waals surface area contributed by atoms with Gasteiger partial charge in [0.15, 0.2) is 0 Å². The van der Waals surface area contributed by atoms with E-state index in [1.807, 2.05) is 0 Å². The first-order chi connectivity index (χ1) is 6.50. The molecule has 0 amide bonds. The molecule has 3 N–H and O–H groups in total. The van der Waals surface area contributed by atoms with Gasteiger partial charge in [0.05, 0.1) is 6.54 Å². The summed E-state index contributed by atoms with van der Waals surface area (Å²) in [4.78, 5) is 2.42. The Kier molecular flexibility index (Phi) is 2.30. The largest absolute Gasteiger partial charge is 0.387 e. The number of hydrogen-bond acceptors (Lipinski definition) is 2. The van der Waals surface area contributed by atoms with Crippen LogP contribution in [0.1, 0.15) is 33.1 Å². The van der Waals surface area contributed by atoms with E-state index in [9.17, 15) is 0 Å². The fourth-order valence-electron chi connectivity index (χ4n) is 3.44. The lowest BCUT2D eigenvalue weighted by Crippen LogP contribution is -2.37. The lowest BCUT2D eigenvalue weighted by molar-refractivity contribution is 0.267. The minimum atomic E-state index is 0.313. The van der Waals surface area contributed by atoms with Crippen molar-refractivity contribution in [2.45, 2.75) is 39.2 Å². The second-order valence-electron chi connectivity index (χ2n) is 5.52. The summed E-state index contributed by atoms with van der Waals surface area (Å²) in [6, 6.07) is 0.703. The minimum Gasteiger partial charge on any atom is -0.387 e. The second-order valence-corrected chi connectivity index (χ2v) is 5.52. The summed E-state index contributed by atoms with van der Waals surface area (Å²) in [6.07, 6.45) is 4.03. The van der Waals surface area contributed by atoms with E-state index in [0.717, 1.165) is 12.5 Å². The summed E-state index contributed by atoms with van der Waals surface area (Å²) >= 11 is 0. The van der Waals surface area contributed by atoms with Crippen LogP contribution in [-0.2, 0) is 0 Å². The Morgan fingerprint density at radius 3 is 2.86 bits per heavy atom. The molecule has 3 nitrogen and oxygen atoms in total. The van der Waals surface area contributed by atoms with Crippen molar-refractivity contribution in [1.82, 2.24) is 4.90 Å². The molecule has 2 atom stereocenters. The first-order valence-electron chi connectivity index (χ1n) is 5.57. The van der Waals surface area contributed by atoms with E-state index in [1.165, 1.54) is 19.3 Å². The quantitative estimate of drug-likeness (QED) is 0.517. The molecule has 80 valence electrons. The summed E-state index contributed by atoms with van der Waals surface area (Å²) in [7, 11) is 0. The van der Waals surface area contributed by atoms with Crippen LogP contribution < -0.4 is 5.73 Å². The van der Waals surface area contributed by atoms with Crippen LogP contribution in [0.3, 0.4) is 0 Å². The number of likely N-dealkylation sites (tertiary alicyclic amines) is 1. The molecule has 2 rings (SSSR count). The van der Waals surface area contributed by atoms with Crippen molar-refractivity contribution in [2.75, 3.05) is 13.1 Å². The summed E-state index contributed by atoms with van der Waals surface area (Å²) < 4.78 is 0. The van der Waals surface area contributed by atoms with Gasteiger partial charge in [-0.05, 0) is 24.2 Å². The zero-order valence-corrected chi connectivity index (χ0v) is 9.21. The van der Waals surface area contributed by atoms with Crippen LogP contribution in [-0.4, -0.2) is 29.9 Å². The van der Waals surface area contributed by atoms with Crippen LogP contribution in [0.4, 0.5) is 0 Å². The molecule has 0 aromatic carbocycles. The normalized spacial score (nSPS) is 35.9. The highest BCUT2D eigenvalue weighted by Crippen LogP contribution is 2.48. The standard InChI is InChI=1S/C11H21N3/c1-11(2)7-14(6-10(12)13)9-5-3-4-8(9)11/h8-9H,3-7H2,1-2H3,(H3,12,13). The number of amidine groups is 1. The predicted octanol–water partition coefficient (Wildman–Crippen LogP) is 1.43. The van der Waals surface area contributed by atoms with Crippen molar-refractivity contribution in [2.24, 2.45) is 17.1 Å². The molecule has 0 bridgehead atoms. The Morgan fingerprint density at radius 1 is 1.50 bits per heavy atom. The molecular formula is C11H21N3. The van der Waals surface area contributed by atoms with Crippen LogP contribution in [0.2, 0.25) is 0 Å². The third kappa shape index (κ3) is 1.54. The van der Waals surface area contributed by atoms with Gasteiger partial charge in [-0.3, -0.25) is 10.3 Å². The molecule has 1 saturated carbocycles. The average molecular weight is 195 g/mol. The fourth-order valence-corrected chi connectivity index (χ4v) is 3.44. The maximum atomic E-state index is 7.38. The Labute approximate surface area is 86.2 Å². The number of hydrogen-bond donors (Lipinski definition) is 2. The van der Waals surface area contributed by atoms with Crippen LogP contribution in [0.25, 0.3) is 0 Å². The Hall–Kier alpha value is -0.570. The van der Waals surface area contributed by atoms with Gasteiger partial charge in [-0.1, -0.05) is 20.3 Å². The summed E-state index contributed by atoms with van der Waals surface area (Å²) in [5.41, 5.74) is 5.91. The van der Waals surface area contributed by atoms with E-state index in [0.29, 0.717) is 23.8 Å². The third-order valence-electron chi connectivity index (χ3n) is 3.94. The van der Waals surface area contributed by atoms with E-state index in [1.54, 1.807) is 0 Å². The maximum Gasteiger partial charge on any atom is 0.105 e. The van der Waals surface area contributed by atoms with Gasteiger partial charge in [-0.2, -0.15) is 0 Å². The molecule has 2 aliphatic rings. The average Bonchev–Trinajstić information content (AvgIpc) is 2.55. The Balaban J connectivity index is 2.10. The number of nitrogens with zero attached hydrogens (tertiary/aromatic N) is 1. The molecule has 14 heavy (non-hydrogen) atoms. The van der Waals surface area contributed by atoms with Crippen LogP contribution in [0.15, 0.2) is 0 Å². The van der Waals surface area contributed by atoms with E-state index >= 15 is 0 Å². The van der Waals surface area contributed by atoms with Gasteiger partial charge >= 0.3 is 0 Å². The highest BCUT2D eigenvalue weighted by molar-refractivity contribution is 5.79. The topological polar surface area (TPSA) is 53.1 Å². The van der Waals surface area contributed by atoms with Gasteiger partial charge in [0, 0.05) is 12.6 Å². The van der Waals surface area contributed by atoms with Gasteiger partial charge in [0.25, 0.3) is 0 Å². The van der Waals surface area contributed by atoms with Gasteiger partial charge in [-0.15, -0.1) is 0 Å². The van der Waals surface area contributed by atoms with Gasteiger partial charge < -0.3 is 5.73 Å². The second kappa shape index (κ2) is 3.23. The molecule has 1 aliphatic heterocycles. The highest BCUT2D eigenvalue weighted by atomic mass is 15.2. The molecule has 1 heterocycles. The van der Waals surface area contributed by atoms with Crippen LogP contribution >= 0.6 is 0 Å². The number of nitrogens with two attached hydrogens (primary N) is 1. The van der Waals surface area contributed by atoms with Gasteiger partial charge in [-0.25, -0.2) is 0 Å². The monoisotopic (exact) mass is 195 g/mol. The summed E-state index contributed by atoms with van der Waals surface area (Å²) in [5.74, 6) is 1.15. The van der Waals surface area contributed by atoms with Crippen molar-refractivity contribution in [3.8, 4) is 0 Å². The van der Waals surface area contributed by atoms with Crippen LogP contribution in [0.5, 0.6) is 0 Å². The van der Waals surface area contributed by atoms with E-state index < -0.39 is 0 Å². The molecule has 0 spiro atoms. The predicted molar refractivity (Wildman–Crippen MR) is 58.4 cm³/mol. The number of nitrogens with one attached hydrogen (secondary N) is 1. The third-order valence-corrected chi connectivity index (χ3v) is 3.94. The number of rotatable bonds is 2. The van der Waals surface area contributed by atoms with E-state index in [4.69, 9.17) is 11.1 Å². The first kappa shape index (κ1) is 9.97. The van der Waals surface area contributed by atoms with Crippen molar-refractivity contribution >= 4 is 5.84 Å². The maximum absolute atomic E-state index is 7.38. The van der Waals surface area contributed by atoms with E-state index in [2.05, 4.69) is 18.7 Å². The fraction of sp³-hybridized carbons (Fsp3) is 0.909. The number of fused-ring (bicyclic) bond motifs is 1. The van der Waals surface area contributed by atoms with E-state index in [-0.39, 0.29) is 0 Å². The lowest BCUT2D eigenvalue weighted by atomic mass is 9.80. The highest BCUT2D eigenvalue weighted by Gasteiger charge is 2.48. The molecule has 2 fully saturated rings. The summed E-state index contributed by atoms with van der Waals surface area (Å²) in [5, 5.41) is 7.38. The molecular weight excluding hydrogens is 174 g/mol. The molecule has 1 aliphatic carbocycles. The SMILES string of the molecule is CC1(C)CN(CC(=N)N)C2CCCC21.